The van der Waals surface area contributed by atoms with E-state index in [0.29, 0.717) is 0 Å². The number of allylic oxidation sites excluding steroid dienone is 1. The van der Waals surface area contributed by atoms with E-state index in [1.165, 1.54) is 12.2 Å². The molecule has 4 nitrogen and oxygen atoms in total. The maximum absolute atomic E-state index is 11.7. The molecule has 0 fully saturated rings. The van der Waals surface area contributed by atoms with Gasteiger partial charge in [-0.15, -0.1) is 0 Å². The molecule has 0 spiro atoms. The van der Waals surface area contributed by atoms with Crippen LogP contribution in [0.1, 0.15) is 6.92 Å². The van der Waals surface area contributed by atoms with Crippen molar-refractivity contribution in [2.75, 3.05) is 7.11 Å². The number of alkyl halides is 3. The Kier molecular flexibility index (Phi) is 4.13. The van der Waals surface area contributed by atoms with Crippen LogP contribution < -0.4 is 5.32 Å². The molecule has 0 aromatic heterocycles. The van der Waals surface area contributed by atoms with E-state index in [-0.39, 0.29) is 0 Å². The van der Waals surface area contributed by atoms with Crippen LogP contribution in [-0.4, -0.2) is 25.2 Å². The van der Waals surface area contributed by atoms with Crippen molar-refractivity contribution in [2.24, 2.45) is 0 Å². The highest BCUT2D eigenvalue weighted by molar-refractivity contribution is 5.95. The summed E-state index contributed by atoms with van der Waals surface area (Å²) in [4.78, 5) is 21.1. The minimum atomic E-state index is -5.03. The number of rotatable bonds is 2. The average molecular weight is 211 g/mol. The Morgan fingerprint density at radius 1 is 1.36 bits per heavy atom. The van der Waals surface area contributed by atoms with Crippen molar-refractivity contribution >= 4 is 11.9 Å². The van der Waals surface area contributed by atoms with Crippen molar-refractivity contribution in [3.8, 4) is 0 Å². The zero-order valence-corrected chi connectivity index (χ0v) is 7.44. The fraction of sp³-hybridized carbons (Fsp3) is 0.429. The summed E-state index contributed by atoms with van der Waals surface area (Å²) >= 11 is 0. The summed E-state index contributed by atoms with van der Waals surface area (Å²) in [6.45, 7) is 1.29. The molecule has 7 heteroatoms. The maximum Gasteiger partial charge on any atom is 0.471 e. The van der Waals surface area contributed by atoms with Gasteiger partial charge < -0.3 is 10.1 Å². The molecule has 0 aliphatic heterocycles. The summed E-state index contributed by atoms with van der Waals surface area (Å²) < 4.78 is 39.3. The number of methoxy groups -OCH3 is 1. The molecule has 0 saturated carbocycles. The van der Waals surface area contributed by atoms with Crippen LogP contribution in [0.4, 0.5) is 13.2 Å². The van der Waals surface area contributed by atoms with Crippen molar-refractivity contribution in [3.05, 3.63) is 11.8 Å². The minimum absolute atomic E-state index is 0.546. The number of carbonyl (C=O) groups is 2. The molecule has 0 aliphatic carbocycles. The Balaban J connectivity index is 4.52. The average Bonchev–Trinajstić information content (AvgIpc) is 2.10. The zero-order chi connectivity index (χ0) is 11.4. The van der Waals surface area contributed by atoms with E-state index in [1.54, 1.807) is 0 Å². The zero-order valence-electron chi connectivity index (χ0n) is 7.44. The third kappa shape index (κ3) is 3.46. The maximum atomic E-state index is 11.7. The highest BCUT2D eigenvalue weighted by Crippen LogP contribution is 2.14. The van der Waals surface area contributed by atoms with Crippen LogP contribution in [-0.2, 0) is 14.3 Å². The van der Waals surface area contributed by atoms with E-state index in [4.69, 9.17) is 0 Å². The number of amides is 1. The molecule has 0 unspecified atom stereocenters. The monoisotopic (exact) mass is 211 g/mol. The molecule has 0 rings (SSSR count). The molecule has 14 heavy (non-hydrogen) atoms. The van der Waals surface area contributed by atoms with Crippen molar-refractivity contribution in [1.82, 2.24) is 5.32 Å². The SMILES string of the molecule is C/C=C(\NC(=O)C(F)(F)F)C(=O)OC. The van der Waals surface area contributed by atoms with E-state index in [2.05, 4.69) is 4.74 Å². The van der Waals surface area contributed by atoms with E-state index in [1.807, 2.05) is 0 Å². The van der Waals surface area contributed by atoms with Crippen LogP contribution in [0.3, 0.4) is 0 Å². The molecule has 0 atom stereocenters. The number of nitrogens with one attached hydrogen (secondary N) is 1. The lowest BCUT2D eigenvalue weighted by atomic mass is 10.4. The molecule has 1 amide bonds. The normalized spacial score (nSPS) is 12.2. The van der Waals surface area contributed by atoms with Crippen LogP contribution >= 0.6 is 0 Å². The second-order valence-electron chi connectivity index (χ2n) is 2.15. The predicted octanol–water partition coefficient (Wildman–Crippen LogP) is 0.742. The fourth-order valence-corrected chi connectivity index (χ4v) is 0.544. The lowest BCUT2D eigenvalue weighted by Gasteiger charge is -2.08. The molecular formula is C7H8F3NO3. The van der Waals surface area contributed by atoms with Crippen LogP contribution in [0.2, 0.25) is 0 Å². The van der Waals surface area contributed by atoms with Crippen molar-refractivity contribution in [1.29, 1.82) is 0 Å². The second kappa shape index (κ2) is 4.64. The van der Waals surface area contributed by atoms with Crippen LogP contribution in [0, 0.1) is 0 Å². The topological polar surface area (TPSA) is 55.4 Å². The van der Waals surface area contributed by atoms with E-state index in [0.717, 1.165) is 13.2 Å². The molecule has 1 N–H and O–H groups in total. The van der Waals surface area contributed by atoms with Crippen molar-refractivity contribution < 1.29 is 27.5 Å². The first-order chi connectivity index (χ1) is 6.32. The molecule has 0 aromatic carbocycles. The second-order valence-corrected chi connectivity index (χ2v) is 2.15. The highest BCUT2D eigenvalue weighted by atomic mass is 19.4. The van der Waals surface area contributed by atoms with E-state index < -0.39 is 23.7 Å². The van der Waals surface area contributed by atoms with Gasteiger partial charge in [0.05, 0.1) is 7.11 Å². The molecule has 0 bridgehead atoms. The number of hydrogen-bond donors (Lipinski definition) is 1. The third-order valence-corrected chi connectivity index (χ3v) is 1.20. The van der Waals surface area contributed by atoms with Gasteiger partial charge >= 0.3 is 18.1 Å². The summed E-state index contributed by atoms with van der Waals surface area (Å²) in [5, 5.41) is 1.38. The summed E-state index contributed by atoms with van der Waals surface area (Å²) in [5.74, 6) is -3.25. The summed E-state index contributed by atoms with van der Waals surface area (Å²) in [7, 11) is 0.992. The largest absolute Gasteiger partial charge is 0.471 e. The summed E-state index contributed by atoms with van der Waals surface area (Å²) in [5.41, 5.74) is -0.546. The van der Waals surface area contributed by atoms with Crippen molar-refractivity contribution in [3.63, 3.8) is 0 Å². The molecule has 0 heterocycles. The van der Waals surface area contributed by atoms with E-state index >= 15 is 0 Å². The van der Waals surface area contributed by atoms with Gasteiger partial charge in [0.15, 0.2) is 0 Å². The van der Waals surface area contributed by atoms with Gasteiger partial charge in [0.25, 0.3) is 0 Å². The summed E-state index contributed by atoms with van der Waals surface area (Å²) in [6.07, 6.45) is -4.02. The van der Waals surface area contributed by atoms with Gasteiger partial charge in [0, 0.05) is 0 Å². The van der Waals surface area contributed by atoms with E-state index in [9.17, 15) is 22.8 Å². The molecule has 0 saturated heterocycles. The van der Waals surface area contributed by atoms with Crippen LogP contribution in [0.15, 0.2) is 11.8 Å². The molecule has 0 aliphatic rings. The van der Waals surface area contributed by atoms with Crippen LogP contribution in [0.25, 0.3) is 0 Å². The van der Waals surface area contributed by atoms with Crippen molar-refractivity contribution in [2.45, 2.75) is 13.1 Å². The first-order valence-electron chi connectivity index (χ1n) is 3.45. The first kappa shape index (κ1) is 12.5. The Morgan fingerprint density at radius 2 is 1.86 bits per heavy atom. The Hall–Kier alpha value is -1.53. The lowest BCUT2D eigenvalue weighted by Crippen LogP contribution is -2.38. The number of esters is 1. The Bertz CT molecular complexity index is 270. The van der Waals surface area contributed by atoms with Gasteiger partial charge in [-0.3, -0.25) is 4.79 Å². The quantitative estimate of drug-likeness (QED) is 0.541. The Morgan fingerprint density at radius 3 is 2.14 bits per heavy atom. The number of halogens is 3. The minimum Gasteiger partial charge on any atom is -0.464 e. The molecule has 0 aromatic rings. The van der Waals surface area contributed by atoms with Crippen LogP contribution in [0.5, 0.6) is 0 Å². The molecular weight excluding hydrogens is 203 g/mol. The van der Waals surface area contributed by atoms with Gasteiger partial charge in [-0.1, -0.05) is 6.08 Å². The fourth-order valence-electron chi connectivity index (χ4n) is 0.544. The number of ether oxygens (including phenoxy) is 1. The number of hydrogen-bond acceptors (Lipinski definition) is 3. The standard InChI is InChI=1S/C7H8F3NO3/c1-3-4(5(12)14-2)11-6(13)7(8,9)10/h3H,1-2H3,(H,11,13)/b4-3-. The smallest absolute Gasteiger partial charge is 0.464 e. The molecule has 80 valence electrons. The molecule has 0 radical (unpaired) electrons. The highest BCUT2D eigenvalue weighted by Gasteiger charge is 2.39. The van der Waals surface area contributed by atoms with Gasteiger partial charge in [0.1, 0.15) is 5.70 Å². The summed E-state index contributed by atoms with van der Waals surface area (Å²) in [6, 6.07) is 0. The lowest BCUT2D eigenvalue weighted by molar-refractivity contribution is -0.173. The third-order valence-electron chi connectivity index (χ3n) is 1.20. The van der Waals surface area contributed by atoms with Gasteiger partial charge in [-0.2, -0.15) is 13.2 Å². The van der Waals surface area contributed by atoms with Gasteiger partial charge in [-0.25, -0.2) is 4.79 Å². The first-order valence-corrected chi connectivity index (χ1v) is 3.45. The predicted molar refractivity (Wildman–Crippen MR) is 40.0 cm³/mol. The van der Waals surface area contributed by atoms with Gasteiger partial charge in [-0.05, 0) is 6.92 Å². The Labute approximate surface area is 77.7 Å². The van der Waals surface area contributed by atoms with Gasteiger partial charge in [0.2, 0.25) is 0 Å². The number of carbonyl (C=O) groups excluding carboxylic acids is 2.